The van der Waals surface area contributed by atoms with E-state index in [2.05, 4.69) is 10.3 Å². The van der Waals surface area contributed by atoms with E-state index in [0.29, 0.717) is 11.3 Å². The number of halogens is 2. The standard InChI is InChI=1S/C13H12F2N2O3S2/c1-7(22(2,19)20)12(18)17-13-16-11(6-21-13)8-3-4-9(14)10(15)5-8/h3-7H,1-2H3,(H,16,17,18)/t7-/m0/s1. The Morgan fingerprint density at radius 2 is 2.00 bits per heavy atom. The Bertz CT molecular complexity index is 818. The Balaban J connectivity index is 2.18. The van der Waals surface area contributed by atoms with Crippen LogP contribution in [0.4, 0.5) is 13.9 Å². The van der Waals surface area contributed by atoms with Gasteiger partial charge in [-0.25, -0.2) is 22.2 Å². The first-order valence-corrected chi connectivity index (χ1v) is 8.92. The van der Waals surface area contributed by atoms with Gasteiger partial charge in [0.1, 0.15) is 5.25 Å². The van der Waals surface area contributed by atoms with Crippen LogP contribution in [-0.2, 0) is 14.6 Å². The maximum Gasteiger partial charge on any atom is 0.244 e. The van der Waals surface area contributed by atoms with Crippen LogP contribution in [0.1, 0.15) is 6.92 Å². The van der Waals surface area contributed by atoms with Gasteiger partial charge >= 0.3 is 0 Å². The third-order valence-corrected chi connectivity index (χ3v) is 5.22. The maximum atomic E-state index is 13.2. The number of benzene rings is 1. The summed E-state index contributed by atoms with van der Waals surface area (Å²) in [6, 6.07) is 3.33. The zero-order valence-electron chi connectivity index (χ0n) is 11.6. The smallest absolute Gasteiger partial charge is 0.244 e. The molecule has 118 valence electrons. The summed E-state index contributed by atoms with van der Waals surface area (Å²) >= 11 is 1.06. The Kier molecular flexibility index (Phi) is 4.57. The molecule has 1 N–H and O–H groups in total. The quantitative estimate of drug-likeness (QED) is 0.923. The Morgan fingerprint density at radius 1 is 1.32 bits per heavy atom. The highest BCUT2D eigenvalue weighted by Crippen LogP contribution is 2.26. The molecule has 1 atom stereocenters. The second-order valence-electron chi connectivity index (χ2n) is 4.63. The van der Waals surface area contributed by atoms with Gasteiger partial charge < -0.3 is 5.32 Å². The number of amides is 1. The summed E-state index contributed by atoms with van der Waals surface area (Å²) in [7, 11) is -3.50. The van der Waals surface area contributed by atoms with Crippen molar-refractivity contribution >= 4 is 32.2 Å². The zero-order chi connectivity index (χ0) is 16.5. The third-order valence-electron chi connectivity index (χ3n) is 2.96. The SMILES string of the molecule is C[C@@H](C(=O)Nc1nc(-c2ccc(F)c(F)c2)cs1)S(C)(=O)=O. The van der Waals surface area contributed by atoms with Gasteiger partial charge in [0.05, 0.1) is 5.69 Å². The molecule has 22 heavy (non-hydrogen) atoms. The lowest BCUT2D eigenvalue weighted by Gasteiger charge is -2.07. The van der Waals surface area contributed by atoms with Gasteiger partial charge in [0.15, 0.2) is 26.6 Å². The predicted molar refractivity (Wildman–Crippen MR) is 80.4 cm³/mol. The van der Waals surface area contributed by atoms with Gasteiger partial charge in [-0.2, -0.15) is 0 Å². The van der Waals surface area contributed by atoms with Gasteiger partial charge in [-0.1, -0.05) is 0 Å². The number of anilines is 1. The third kappa shape index (κ3) is 3.66. The molecule has 0 aliphatic heterocycles. The molecule has 2 rings (SSSR count). The molecule has 0 saturated heterocycles. The number of nitrogens with one attached hydrogen (secondary N) is 1. The van der Waals surface area contributed by atoms with Crippen LogP contribution in [0, 0.1) is 11.6 Å². The van der Waals surface area contributed by atoms with E-state index < -0.39 is 32.6 Å². The molecular weight excluding hydrogens is 334 g/mol. The summed E-state index contributed by atoms with van der Waals surface area (Å²) < 4.78 is 48.7. The average molecular weight is 346 g/mol. The van der Waals surface area contributed by atoms with Crippen molar-refractivity contribution in [1.82, 2.24) is 4.98 Å². The summed E-state index contributed by atoms with van der Waals surface area (Å²) in [5.74, 6) is -2.66. The number of aromatic nitrogens is 1. The maximum absolute atomic E-state index is 13.2. The highest BCUT2D eigenvalue weighted by atomic mass is 32.2. The first kappa shape index (κ1) is 16.5. The largest absolute Gasteiger partial charge is 0.301 e. The number of nitrogens with zero attached hydrogens (tertiary/aromatic N) is 1. The van der Waals surface area contributed by atoms with Crippen molar-refractivity contribution in [3.8, 4) is 11.3 Å². The van der Waals surface area contributed by atoms with Crippen LogP contribution < -0.4 is 5.32 Å². The van der Waals surface area contributed by atoms with Gasteiger partial charge in [0.25, 0.3) is 0 Å². The topological polar surface area (TPSA) is 76.1 Å². The van der Waals surface area contributed by atoms with E-state index in [1.54, 1.807) is 5.38 Å². The summed E-state index contributed by atoms with van der Waals surface area (Å²) in [6.45, 7) is 1.27. The van der Waals surface area contributed by atoms with E-state index in [4.69, 9.17) is 0 Å². The minimum Gasteiger partial charge on any atom is -0.301 e. The fourth-order valence-electron chi connectivity index (χ4n) is 1.52. The minimum atomic E-state index is -3.50. The van der Waals surface area contributed by atoms with Gasteiger partial charge in [-0.15, -0.1) is 11.3 Å². The van der Waals surface area contributed by atoms with Gasteiger partial charge in [0.2, 0.25) is 5.91 Å². The lowest BCUT2D eigenvalue weighted by atomic mass is 10.2. The molecule has 1 heterocycles. The Morgan fingerprint density at radius 3 is 2.59 bits per heavy atom. The summed E-state index contributed by atoms with van der Waals surface area (Å²) in [4.78, 5) is 15.8. The van der Waals surface area contributed by atoms with E-state index >= 15 is 0 Å². The van der Waals surface area contributed by atoms with Gasteiger partial charge in [-0.05, 0) is 25.1 Å². The second kappa shape index (κ2) is 6.09. The van der Waals surface area contributed by atoms with Crippen LogP contribution in [0.5, 0.6) is 0 Å². The van der Waals surface area contributed by atoms with Crippen LogP contribution in [0.2, 0.25) is 0 Å². The van der Waals surface area contributed by atoms with Crippen molar-refractivity contribution in [2.45, 2.75) is 12.2 Å². The molecule has 0 fully saturated rings. The molecule has 0 aliphatic rings. The highest BCUT2D eigenvalue weighted by Gasteiger charge is 2.24. The molecule has 5 nitrogen and oxygen atoms in total. The van der Waals surface area contributed by atoms with Crippen molar-refractivity contribution in [1.29, 1.82) is 0 Å². The molecule has 0 bridgehead atoms. The number of hydrogen-bond donors (Lipinski definition) is 1. The van der Waals surface area contributed by atoms with Crippen LogP contribution in [-0.4, -0.2) is 30.8 Å². The van der Waals surface area contributed by atoms with Crippen molar-refractivity contribution in [2.24, 2.45) is 0 Å². The minimum absolute atomic E-state index is 0.181. The molecule has 0 unspecified atom stereocenters. The number of hydrogen-bond acceptors (Lipinski definition) is 5. The van der Waals surface area contributed by atoms with Crippen LogP contribution in [0.3, 0.4) is 0 Å². The van der Waals surface area contributed by atoms with Crippen molar-refractivity contribution in [2.75, 3.05) is 11.6 Å². The molecule has 0 radical (unpaired) electrons. The lowest BCUT2D eigenvalue weighted by molar-refractivity contribution is -0.115. The van der Waals surface area contributed by atoms with E-state index in [0.717, 1.165) is 29.7 Å². The Labute approximate surface area is 129 Å². The van der Waals surface area contributed by atoms with Crippen molar-refractivity contribution < 1.29 is 22.0 Å². The summed E-state index contributed by atoms with van der Waals surface area (Å²) in [5.41, 5.74) is 0.706. The molecule has 9 heteroatoms. The molecular formula is C13H12F2N2O3S2. The molecule has 0 saturated carbocycles. The van der Waals surface area contributed by atoms with Crippen LogP contribution in [0.25, 0.3) is 11.3 Å². The number of carbonyl (C=O) groups is 1. The van der Waals surface area contributed by atoms with Crippen LogP contribution in [0.15, 0.2) is 23.6 Å². The monoisotopic (exact) mass is 346 g/mol. The zero-order valence-corrected chi connectivity index (χ0v) is 13.3. The van der Waals surface area contributed by atoms with Gasteiger partial charge in [-0.3, -0.25) is 4.79 Å². The summed E-state index contributed by atoms with van der Waals surface area (Å²) in [6.07, 6.45) is 0.964. The number of thiazole rings is 1. The molecule has 1 aromatic heterocycles. The molecule has 1 aromatic carbocycles. The number of carbonyl (C=O) groups excluding carboxylic acids is 1. The predicted octanol–water partition coefficient (Wildman–Crippen LogP) is 2.46. The fourth-order valence-corrected chi connectivity index (χ4v) is 2.69. The molecule has 1 amide bonds. The Hall–Kier alpha value is -1.87. The fraction of sp³-hybridized carbons (Fsp3) is 0.231. The van der Waals surface area contributed by atoms with Crippen molar-refractivity contribution in [3.63, 3.8) is 0 Å². The first-order valence-electron chi connectivity index (χ1n) is 6.09. The van der Waals surface area contributed by atoms with E-state index in [1.807, 2.05) is 0 Å². The normalized spacial score (nSPS) is 12.9. The van der Waals surface area contributed by atoms with Gasteiger partial charge in [0, 0.05) is 17.2 Å². The first-order chi connectivity index (χ1) is 10.2. The lowest BCUT2D eigenvalue weighted by Crippen LogP contribution is -2.31. The average Bonchev–Trinajstić information content (AvgIpc) is 2.88. The number of sulfone groups is 1. The van der Waals surface area contributed by atoms with E-state index in [-0.39, 0.29) is 5.13 Å². The number of rotatable bonds is 4. The highest BCUT2D eigenvalue weighted by molar-refractivity contribution is 7.92. The molecule has 2 aromatic rings. The van der Waals surface area contributed by atoms with Crippen LogP contribution >= 0.6 is 11.3 Å². The summed E-state index contributed by atoms with van der Waals surface area (Å²) in [5, 5.41) is 2.91. The van der Waals surface area contributed by atoms with Crippen molar-refractivity contribution in [3.05, 3.63) is 35.2 Å². The van der Waals surface area contributed by atoms with E-state index in [1.165, 1.54) is 13.0 Å². The second-order valence-corrected chi connectivity index (χ2v) is 7.85. The van der Waals surface area contributed by atoms with E-state index in [9.17, 15) is 22.0 Å². The molecule has 0 aliphatic carbocycles. The molecule has 0 spiro atoms.